The molecule has 1 unspecified atom stereocenters. The molecule has 5 heteroatoms. The van der Waals surface area contributed by atoms with E-state index in [9.17, 15) is 0 Å². The van der Waals surface area contributed by atoms with Gasteiger partial charge < -0.3 is 14.5 Å². The van der Waals surface area contributed by atoms with Gasteiger partial charge in [0.25, 0.3) is 0 Å². The molecule has 104 valence electrons. The minimum Gasteiger partial charge on any atom is -0.368 e. The molecule has 2 aliphatic heterocycles. The van der Waals surface area contributed by atoms with Crippen LogP contribution in [-0.4, -0.2) is 85.6 Å². The summed E-state index contributed by atoms with van der Waals surface area (Å²) >= 11 is 0. The molecule has 2 heterocycles. The van der Waals surface area contributed by atoms with Crippen molar-refractivity contribution in [1.29, 1.82) is 5.41 Å². The molecule has 0 aromatic rings. The Hall–Kier alpha value is -0.650. The normalized spacial score (nSPS) is 27.8. The van der Waals surface area contributed by atoms with Crippen LogP contribution in [0.3, 0.4) is 0 Å². The van der Waals surface area contributed by atoms with Crippen LogP contribution in [0.15, 0.2) is 0 Å². The summed E-state index contributed by atoms with van der Waals surface area (Å²) in [6.45, 7) is 11.0. The SMILES string of the molecule is CC(C)N1CCOC(C(=N)N2CCN(C)CC2)C1. The van der Waals surface area contributed by atoms with E-state index in [1.165, 1.54) is 0 Å². The maximum atomic E-state index is 8.33. The van der Waals surface area contributed by atoms with Crippen molar-refractivity contribution in [3.8, 4) is 0 Å². The molecule has 5 nitrogen and oxygen atoms in total. The van der Waals surface area contributed by atoms with Crippen LogP contribution in [0.5, 0.6) is 0 Å². The summed E-state index contributed by atoms with van der Waals surface area (Å²) in [5.74, 6) is 0.674. The fourth-order valence-electron chi connectivity index (χ4n) is 2.55. The summed E-state index contributed by atoms with van der Waals surface area (Å²) in [5, 5.41) is 8.33. The lowest BCUT2D eigenvalue weighted by Crippen LogP contribution is -2.55. The van der Waals surface area contributed by atoms with Gasteiger partial charge in [-0.15, -0.1) is 0 Å². The third-order valence-corrected chi connectivity index (χ3v) is 3.98. The summed E-state index contributed by atoms with van der Waals surface area (Å²) in [4.78, 5) is 6.89. The van der Waals surface area contributed by atoms with Crippen LogP contribution in [-0.2, 0) is 4.74 Å². The number of piperazine rings is 1. The van der Waals surface area contributed by atoms with Crippen molar-refractivity contribution < 1.29 is 4.74 Å². The van der Waals surface area contributed by atoms with Crippen LogP contribution in [0.4, 0.5) is 0 Å². The first-order chi connectivity index (χ1) is 8.58. The fraction of sp³-hybridized carbons (Fsp3) is 0.923. The fourth-order valence-corrected chi connectivity index (χ4v) is 2.55. The molecule has 1 N–H and O–H groups in total. The largest absolute Gasteiger partial charge is 0.368 e. The van der Waals surface area contributed by atoms with E-state index < -0.39 is 0 Å². The van der Waals surface area contributed by atoms with Gasteiger partial charge in [-0.2, -0.15) is 0 Å². The van der Waals surface area contributed by atoms with Crippen molar-refractivity contribution in [2.45, 2.75) is 26.0 Å². The van der Waals surface area contributed by atoms with Crippen LogP contribution in [0, 0.1) is 5.41 Å². The van der Waals surface area contributed by atoms with E-state index in [4.69, 9.17) is 10.1 Å². The number of nitrogens with zero attached hydrogens (tertiary/aromatic N) is 3. The highest BCUT2D eigenvalue weighted by molar-refractivity contribution is 5.84. The van der Waals surface area contributed by atoms with Gasteiger partial charge in [0.1, 0.15) is 11.9 Å². The van der Waals surface area contributed by atoms with Gasteiger partial charge in [-0.25, -0.2) is 0 Å². The predicted molar refractivity (Wildman–Crippen MR) is 73.2 cm³/mol. The monoisotopic (exact) mass is 254 g/mol. The third-order valence-electron chi connectivity index (χ3n) is 3.98. The molecule has 2 rings (SSSR count). The smallest absolute Gasteiger partial charge is 0.127 e. The molecular formula is C13H26N4O. The Bertz CT molecular complexity index is 287. The topological polar surface area (TPSA) is 42.8 Å². The van der Waals surface area contributed by atoms with Crippen molar-refractivity contribution in [2.75, 3.05) is 52.9 Å². The van der Waals surface area contributed by atoms with E-state index in [1.807, 2.05) is 0 Å². The van der Waals surface area contributed by atoms with Gasteiger partial charge in [0, 0.05) is 45.3 Å². The lowest BCUT2D eigenvalue weighted by atomic mass is 10.2. The number of ether oxygens (including phenoxy) is 1. The van der Waals surface area contributed by atoms with Crippen LogP contribution >= 0.6 is 0 Å². The Morgan fingerprint density at radius 2 is 1.83 bits per heavy atom. The van der Waals surface area contributed by atoms with Gasteiger partial charge in [-0.05, 0) is 20.9 Å². The molecule has 0 aliphatic carbocycles. The Kier molecular flexibility index (Phi) is 4.59. The Morgan fingerprint density at radius 3 is 2.44 bits per heavy atom. The Balaban J connectivity index is 1.88. The number of likely N-dealkylation sites (N-methyl/N-ethyl adjacent to an activating group) is 1. The molecule has 2 fully saturated rings. The average molecular weight is 254 g/mol. The minimum atomic E-state index is -0.0374. The molecule has 0 radical (unpaired) electrons. The first-order valence-electron chi connectivity index (χ1n) is 6.95. The van der Waals surface area contributed by atoms with Gasteiger partial charge >= 0.3 is 0 Å². The predicted octanol–water partition coefficient (Wildman–Crippen LogP) is 0.320. The molecule has 18 heavy (non-hydrogen) atoms. The molecule has 0 bridgehead atoms. The van der Waals surface area contributed by atoms with Gasteiger partial charge in [0.2, 0.25) is 0 Å². The maximum absolute atomic E-state index is 8.33. The molecule has 2 saturated heterocycles. The summed E-state index contributed by atoms with van der Waals surface area (Å²) < 4.78 is 5.78. The summed E-state index contributed by atoms with van der Waals surface area (Å²) in [6.07, 6.45) is -0.0374. The second kappa shape index (κ2) is 5.99. The first kappa shape index (κ1) is 13.8. The van der Waals surface area contributed by atoms with Crippen molar-refractivity contribution in [3.63, 3.8) is 0 Å². The number of nitrogens with one attached hydrogen (secondary N) is 1. The molecule has 0 spiro atoms. The highest BCUT2D eigenvalue weighted by atomic mass is 16.5. The number of morpholine rings is 1. The Labute approximate surface area is 110 Å². The Morgan fingerprint density at radius 1 is 1.17 bits per heavy atom. The average Bonchev–Trinajstić information content (AvgIpc) is 2.39. The van der Waals surface area contributed by atoms with Gasteiger partial charge in [0.05, 0.1) is 6.61 Å². The molecular weight excluding hydrogens is 228 g/mol. The van der Waals surface area contributed by atoms with E-state index in [1.54, 1.807) is 0 Å². The third kappa shape index (κ3) is 3.22. The quantitative estimate of drug-likeness (QED) is 0.569. The summed E-state index contributed by atoms with van der Waals surface area (Å²) in [7, 11) is 2.14. The van der Waals surface area contributed by atoms with Gasteiger partial charge in [0.15, 0.2) is 0 Å². The summed E-state index contributed by atoms with van der Waals surface area (Å²) in [5.41, 5.74) is 0. The number of amidine groups is 1. The number of rotatable bonds is 2. The highest BCUT2D eigenvalue weighted by Crippen LogP contribution is 2.12. The van der Waals surface area contributed by atoms with Crippen molar-refractivity contribution in [2.24, 2.45) is 0 Å². The van der Waals surface area contributed by atoms with Crippen molar-refractivity contribution >= 4 is 5.84 Å². The standard InChI is InChI=1S/C13H26N4O/c1-11(2)17-8-9-18-12(10-17)13(14)16-6-4-15(3)5-7-16/h11-12,14H,4-10H2,1-3H3. The van der Waals surface area contributed by atoms with Crippen LogP contribution in [0.2, 0.25) is 0 Å². The van der Waals surface area contributed by atoms with E-state index in [2.05, 4.69) is 35.6 Å². The lowest BCUT2D eigenvalue weighted by Gasteiger charge is -2.40. The van der Waals surface area contributed by atoms with Gasteiger partial charge in [-0.1, -0.05) is 0 Å². The number of hydrogen-bond acceptors (Lipinski definition) is 4. The highest BCUT2D eigenvalue weighted by Gasteiger charge is 2.29. The molecule has 0 saturated carbocycles. The minimum absolute atomic E-state index is 0.0374. The van der Waals surface area contributed by atoms with Crippen LogP contribution in [0.1, 0.15) is 13.8 Å². The van der Waals surface area contributed by atoms with Crippen LogP contribution in [0.25, 0.3) is 0 Å². The second-order valence-corrected chi connectivity index (χ2v) is 5.62. The maximum Gasteiger partial charge on any atom is 0.127 e. The molecule has 0 aromatic heterocycles. The molecule has 2 aliphatic rings. The van der Waals surface area contributed by atoms with E-state index >= 15 is 0 Å². The summed E-state index contributed by atoms with van der Waals surface area (Å²) in [6, 6.07) is 0.539. The second-order valence-electron chi connectivity index (χ2n) is 5.62. The lowest BCUT2D eigenvalue weighted by molar-refractivity contribution is -0.0123. The van der Waals surface area contributed by atoms with Gasteiger partial charge in [-0.3, -0.25) is 10.3 Å². The zero-order chi connectivity index (χ0) is 13.1. The zero-order valence-electron chi connectivity index (χ0n) is 11.9. The van der Waals surface area contributed by atoms with Crippen molar-refractivity contribution in [3.05, 3.63) is 0 Å². The zero-order valence-corrected chi connectivity index (χ0v) is 11.9. The van der Waals surface area contributed by atoms with E-state index in [-0.39, 0.29) is 6.10 Å². The van der Waals surface area contributed by atoms with E-state index in [0.717, 1.165) is 45.9 Å². The molecule has 0 aromatic carbocycles. The van der Waals surface area contributed by atoms with Crippen LogP contribution < -0.4 is 0 Å². The number of hydrogen-bond donors (Lipinski definition) is 1. The van der Waals surface area contributed by atoms with Crippen molar-refractivity contribution in [1.82, 2.24) is 14.7 Å². The molecule has 1 atom stereocenters. The molecule has 0 amide bonds. The van der Waals surface area contributed by atoms with E-state index in [0.29, 0.717) is 11.9 Å². The first-order valence-corrected chi connectivity index (χ1v) is 6.95.